The average Bonchev–Trinajstić information content (AvgIpc) is 2.69. The van der Waals surface area contributed by atoms with Gasteiger partial charge in [0, 0.05) is 13.1 Å². The van der Waals surface area contributed by atoms with Crippen LogP contribution in [0.1, 0.15) is 16.2 Å². The molecule has 7 nitrogen and oxygen atoms in total. The SMILES string of the molecule is CN(C)CCNC(=O)c1nc2ccccc2c(=O)n1Nc1ccc(C(F)(F)F)cc1. The van der Waals surface area contributed by atoms with Gasteiger partial charge in [-0.25, -0.2) is 4.98 Å². The van der Waals surface area contributed by atoms with Crippen molar-refractivity contribution in [3.05, 3.63) is 70.3 Å². The zero-order chi connectivity index (χ0) is 21.9. The Bertz CT molecular complexity index is 1110. The monoisotopic (exact) mass is 419 g/mol. The predicted molar refractivity (Wildman–Crippen MR) is 107 cm³/mol. The molecule has 0 aliphatic heterocycles. The normalized spacial score (nSPS) is 11.7. The molecule has 0 aliphatic carbocycles. The van der Waals surface area contributed by atoms with Crippen LogP contribution in [0, 0.1) is 0 Å². The molecule has 2 N–H and O–H groups in total. The van der Waals surface area contributed by atoms with E-state index >= 15 is 0 Å². The summed E-state index contributed by atoms with van der Waals surface area (Å²) in [4.78, 5) is 31.8. The van der Waals surface area contributed by atoms with Crippen molar-refractivity contribution in [2.75, 3.05) is 32.6 Å². The fourth-order valence-electron chi connectivity index (χ4n) is 2.72. The predicted octanol–water partition coefficient (Wildman–Crippen LogP) is 2.58. The van der Waals surface area contributed by atoms with E-state index in [4.69, 9.17) is 0 Å². The lowest BCUT2D eigenvalue weighted by Gasteiger charge is -2.16. The second-order valence-electron chi connectivity index (χ2n) is 6.84. The number of rotatable bonds is 6. The lowest BCUT2D eigenvalue weighted by Crippen LogP contribution is -2.39. The summed E-state index contributed by atoms with van der Waals surface area (Å²) < 4.78 is 39.3. The Balaban J connectivity index is 2.00. The molecule has 0 unspecified atom stereocenters. The molecule has 2 aromatic carbocycles. The Morgan fingerprint density at radius 2 is 1.77 bits per heavy atom. The number of halogens is 3. The van der Waals surface area contributed by atoms with E-state index in [0.29, 0.717) is 18.6 Å². The van der Waals surface area contributed by atoms with Gasteiger partial charge in [-0.3, -0.25) is 15.0 Å². The minimum absolute atomic E-state index is 0.197. The quantitative estimate of drug-likeness (QED) is 0.642. The van der Waals surface area contributed by atoms with Crippen LogP contribution in [-0.4, -0.2) is 47.7 Å². The van der Waals surface area contributed by atoms with Gasteiger partial charge in [0.25, 0.3) is 11.5 Å². The number of para-hydroxylation sites is 1. The zero-order valence-electron chi connectivity index (χ0n) is 16.3. The van der Waals surface area contributed by atoms with E-state index < -0.39 is 23.2 Å². The largest absolute Gasteiger partial charge is 0.416 e. The van der Waals surface area contributed by atoms with Crippen LogP contribution in [-0.2, 0) is 6.18 Å². The van der Waals surface area contributed by atoms with Gasteiger partial charge in [-0.1, -0.05) is 12.1 Å². The Kier molecular flexibility index (Phi) is 6.06. The number of carbonyl (C=O) groups excluding carboxylic acids is 1. The minimum Gasteiger partial charge on any atom is -0.348 e. The summed E-state index contributed by atoms with van der Waals surface area (Å²) in [5, 5.41) is 2.95. The Hall–Kier alpha value is -3.40. The first-order chi connectivity index (χ1) is 14.2. The molecular formula is C20H20F3N5O2. The number of amides is 1. The van der Waals surface area contributed by atoms with Gasteiger partial charge in [0.2, 0.25) is 5.82 Å². The Morgan fingerprint density at radius 1 is 1.10 bits per heavy atom. The van der Waals surface area contributed by atoms with Crippen molar-refractivity contribution in [1.82, 2.24) is 19.9 Å². The average molecular weight is 419 g/mol. The van der Waals surface area contributed by atoms with E-state index in [2.05, 4.69) is 15.7 Å². The Morgan fingerprint density at radius 3 is 2.40 bits per heavy atom. The minimum atomic E-state index is -4.47. The molecule has 158 valence electrons. The maximum Gasteiger partial charge on any atom is 0.416 e. The van der Waals surface area contributed by atoms with Crippen molar-refractivity contribution < 1.29 is 18.0 Å². The molecule has 1 aromatic heterocycles. The molecule has 0 saturated carbocycles. The number of aromatic nitrogens is 2. The van der Waals surface area contributed by atoms with Gasteiger partial charge < -0.3 is 10.2 Å². The third-order valence-electron chi connectivity index (χ3n) is 4.28. The summed E-state index contributed by atoms with van der Waals surface area (Å²) in [6.07, 6.45) is -4.47. The van der Waals surface area contributed by atoms with E-state index in [9.17, 15) is 22.8 Å². The van der Waals surface area contributed by atoms with Gasteiger partial charge in [0.1, 0.15) is 0 Å². The molecule has 10 heteroatoms. The first kappa shape index (κ1) is 21.3. The van der Waals surface area contributed by atoms with Crippen molar-refractivity contribution in [1.29, 1.82) is 0 Å². The van der Waals surface area contributed by atoms with Crippen molar-refractivity contribution in [3.8, 4) is 0 Å². The zero-order valence-corrected chi connectivity index (χ0v) is 16.3. The first-order valence-corrected chi connectivity index (χ1v) is 9.06. The number of nitrogens with zero attached hydrogens (tertiary/aromatic N) is 3. The number of likely N-dealkylation sites (N-methyl/N-ethyl adjacent to an activating group) is 1. The number of anilines is 1. The molecule has 3 rings (SSSR count). The van der Waals surface area contributed by atoms with E-state index in [0.717, 1.165) is 16.8 Å². The van der Waals surface area contributed by atoms with Gasteiger partial charge in [0.15, 0.2) is 0 Å². The van der Waals surface area contributed by atoms with Gasteiger partial charge in [-0.15, -0.1) is 0 Å². The van der Waals surface area contributed by atoms with Crippen LogP contribution in [0.15, 0.2) is 53.3 Å². The van der Waals surface area contributed by atoms with Crippen molar-refractivity contribution in [2.24, 2.45) is 0 Å². The fraction of sp³-hybridized carbons (Fsp3) is 0.250. The fourth-order valence-corrected chi connectivity index (χ4v) is 2.72. The van der Waals surface area contributed by atoms with E-state index in [1.165, 1.54) is 12.1 Å². The van der Waals surface area contributed by atoms with Crippen LogP contribution in [0.4, 0.5) is 18.9 Å². The van der Waals surface area contributed by atoms with Crippen LogP contribution in [0.3, 0.4) is 0 Å². The highest BCUT2D eigenvalue weighted by Crippen LogP contribution is 2.29. The molecule has 3 aromatic rings. The molecule has 0 fully saturated rings. The number of nitrogens with one attached hydrogen (secondary N) is 2. The first-order valence-electron chi connectivity index (χ1n) is 9.06. The van der Waals surface area contributed by atoms with E-state index in [-0.39, 0.29) is 16.9 Å². The van der Waals surface area contributed by atoms with E-state index in [1.807, 2.05) is 19.0 Å². The molecular weight excluding hydrogens is 399 g/mol. The summed E-state index contributed by atoms with van der Waals surface area (Å²) in [6.45, 7) is 0.907. The number of hydrogen-bond donors (Lipinski definition) is 2. The van der Waals surface area contributed by atoms with Crippen molar-refractivity contribution in [2.45, 2.75) is 6.18 Å². The maximum atomic E-state index is 13.0. The van der Waals surface area contributed by atoms with Crippen LogP contribution >= 0.6 is 0 Å². The van der Waals surface area contributed by atoms with Crippen molar-refractivity contribution in [3.63, 3.8) is 0 Å². The van der Waals surface area contributed by atoms with E-state index in [1.54, 1.807) is 24.3 Å². The van der Waals surface area contributed by atoms with Crippen LogP contribution in [0.5, 0.6) is 0 Å². The highest BCUT2D eigenvalue weighted by molar-refractivity contribution is 5.93. The van der Waals surface area contributed by atoms with Crippen LogP contribution in [0.2, 0.25) is 0 Å². The molecule has 1 amide bonds. The number of fused-ring (bicyclic) bond motifs is 1. The molecule has 1 heterocycles. The highest BCUT2D eigenvalue weighted by atomic mass is 19.4. The smallest absolute Gasteiger partial charge is 0.348 e. The maximum absolute atomic E-state index is 13.0. The van der Waals surface area contributed by atoms with Crippen molar-refractivity contribution >= 4 is 22.5 Å². The number of hydrogen-bond acceptors (Lipinski definition) is 5. The lowest BCUT2D eigenvalue weighted by atomic mass is 10.2. The summed E-state index contributed by atoms with van der Waals surface area (Å²) in [6, 6.07) is 10.6. The molecule has 30 heavy (non-hydrogen) atoms. The Labute approximate surface area is 170 Å². The second kappa shape index (κ2) is 8.54. The topological polar surface area (TPSA) is 79.3 Å². The summed E-state index contributed by atoms with van der Waals surface area (Å²) in [5.74, 6) is -0.781. The molecule has 0 bridgehead atoms. The van der Waals surface area contributed by atoms with Gasteiger partial charge in [-0.2, -0.15) is 17.8 Å². The van der Waals surface area contributed by atoms with Crippen LogP contribution in [0.25, 0.3) is 10.9 Å². The standard InChI is InChI=1S/C20H20F3N5O2/c1-27(2)12-11-24-18(29)17-25-16-6-4-3-5-15(16)19(30)28(17)26-14-9-7-13(8-10-14)20(21,22)23/h3-10,26H,11-12H2,1-2H3,(H,24,29). The number of benzene rings is 2. The van der Waals surface area contributed by atoms with Crippen LogP contribution < -0.4 is 16.3 Å². The molecule has 0 saturated heterocycles. The highest BCUT2D eigenvalue weighted by Gasteiger charge is 2.30. The summed E-state index contributed by atoms with van der Waals surface area (Å²) in [7, 11) is 3.70. The molecule has 0 spiro atoms. The third kappa shape index (κ3) is 4.77. The molecule has 0 radical (unpaired) electrons. The summed E-state index contributed by atoms with van der Waals surface area (Å²) in [5.41, 5.74) is 1.87. The lowest BCUT2D eigenvalue weighted by molar-refractivity contribution is -0.137. The summed E-state index contributed by atoms with van der Waals surface area (Å²) >= 11 is 0. The number of alkyl halides is 3. The van der Waals surface area contributed by atoms with Gasteiger partial charge in [-0.05, 0) is 50.5 Å². The second-order valence-corrected chi connectivity index (χ2v) is 6.84. The molecule has 0 atom stereocenters. The van der Waals surface area contributed by atoms with Gasteiger partial charge in [0.05, 0.1) is 22.2 Å². The number of carbonyl (C=O) groups is 1. The third-order valence-corrected chi connectivity index (χ3v) is 4.28. The molecule has 0 aliphatic rings. The van der Waals surface area contributed by atoms with Gasteiger partial charge >= 0.3 is 6.18 Å².